The highest BCUT2D eigenvalue weighted by Gasteiger charge is 2.47. The minimum atomic E-state index is 0.184. The van der Waals surface area contributed by atoms with Crippen molar-refractivity contribution in [3.63, 3.8) is 0 Å². The Kier molecular flexibility index (Phi) is 1.45. The summed E-state index contributed by atoms with van der Waals surface area (Å²) < 4.78 is 0. The van der Waals surface area contributed by atoms with E-state index in [1.807, 2.05) is 0 Å². The third-order valence-electron chi connectivity index (χ3n) is 3.31. The van der Waals surface area contributed by atoms with Crippen LogP contribution in [0.15, 0.2) is 0 Å². The van der Waals surface area contributed by atoms with E-state index in [2.05, 4.69) is 6.07 Å². The predicted molar refractivity (Wildman–Crippen MR) is 39.5 cm³/mol. The van der Waals surface area contributed by atoms with Crippen LogP contribution in [-0.2, 0) is 4.79 Å². The third kappa shape index (κ3) is 0.805. The molecule has 11 heavy (non-hydrogen) atoms. The van der Waals surface area contributed by atoms with Gasteiger partial charge in [-0.05, 0) is 31.1 Å². The molecule has 2 bridgehead atoms. The van der Waals surface area contributed by atoms with Gasteiger partial charge in [0.05, 0.1) is 12.0 Å². The van der Waals surface area contributed by atoms with Gasteiger partial charge in [-0.15, -0.1) is 0 Å². The van der Waals surface area contributed by atoms with Crippen LogP contribution < -0.4 is 0 Å². The van der Waals surface area contributed by atoms with Crippen LogP contribution in [-0.4, -0.2) is 6.29 Å². The van der Waals surface area contributed by atoms with Crippen LogP contribution >= 0.6 is 0 Å². The van der Waals surface area contributed by atoms with E-state index in [1.165, 1.54) is 6.42 Å². The Bertz CT molecular complexity index is 218. The van der Waals surface area contributed by atoms with Gasteiger partial charge in [-0.25, -0.2) is 0 Å². The Morgan fingerprint density at radius 3 is 2.73 bits per heavy atom. The quantitative estimate of drug-likeness (QED) is 0.528. The fourth-order valence-corrected chi connectivity index (χ4v) is 2.75. The van der Waals surface area contributed by atoms with Crippen molar-refractivity contribution in [2.24, 2.45) is 23.7 Å². The van der Waals surface area contributed by atoms with Crippen molar-refractivity contribution in [2.45, 2.75) is 19.3 Å². The summed E-state index contributed by atoms with van der Waals surface area (Å²) in [7, 11) is 0. The van der Waals surface area contributed by atoms with Gasteiger partial charge in [0.1, 0.15) is 6.29 Å². The first kappa shape index (κ1) is 6.84. The number of carbonyl (C=O) groups is 1. The first-order valence-corrected chi connectivity index (χ1v) is 4.21. The van der Waals surface area contributed by atoms with Crippen LogP contribution in [0.4, 0.5) is 0 Å². The summed E-state index contributed by atoms with van der Waals surface area (Å²) in [5.74, 6) is 1.35. The third-order valence-corrected chi connectivity index (χ3v) is 3.31. The van der Waals surface area contributed by atoms with E-state index < -0.39 is 0 Å². The SMILES string of the molecule is N#C[C@@H]1C[C@@H]2CC[C@H]1[C@@H]2C=O. The summed E-state index contributed by atoms with van der Waals surface area (Å²) in [6.45, 7) is 0. The molecule has 58 valence electrons. The number of fused-ring (bicyclic) bond motifs is 2. The van der Waals surface area contributed by atoms with Crippen molar-refractivity contribution in [1.29, 1.82) is 5.26 Å². The molecule has 2 aliphatic rings. The summed E-state index contributed by atoms with van der Waals surface area (Å²) in [6, 6.07) is 2.30. The maximum absolute atomic E-state index is 10.6. The van der Waals surface area contributed by atoms with Gasteiger partial charge in [-0.2, -0.15) is 5.26 Å². The number of hydrogen-bond acceptors (Lipinski definition) is 2. The lowest BCUT2D eigenvalue weighted by Gasteiger charge is -2.12. The molecule has 0 heterocycles. The zero-order valence-corrected chi connectivity index (χ0v) is 6.36. The number of carbonyl (C=O) groups excluding carboxylic acids is 1. The molecule has 0 aliphatic heterocycles. The summed E-state index contributed by atoms with van der Waals surface area (Å²) in [4.78, 5) is 10.6. The number of nitriles is 1. The van der Waals surface area contributed by atoms with Crippen LogP contribution in [0.3, 0.4) is 0 Å². The minimum Gasteiger partial charge on any atom is -0.303 e. The lowest BCUT2D eigenvalue weighted by Crippen LogP contribution is -2.11. The van der Waals surface area contributed by atoms with E-state index in [9.17, 15) is 4.79 Å². The number of rotatable bonds is 1. The molecule has 2 nitrogen and oxygen atoms in total. The Labute approximate surface area is 66.2 Å². The molecular weight excluding hydrogens is 138 g/mol. The number of nitrogens with zero attached hydrogens (tertiary/aromatic N) is 1. The van der Waals surface area contributed by atoms with Gasteiger partial charge < -0.3 is 4.79 Å². The molecule has 2 saturated carbocycles. The molecule has 0 unspecified atom stereocenters. The van der Waals surface area contributed by atoms with E-state index in [0.29, 0.717) is 11.8 Å². The molecule has 0 spiro atoms. The number of hydrogen-bond donors (Lipinski definition) is 0. The fraction of sp³-hybridized carbons (Fsp3) is 0.778. The molecule has 0 amide bonds. The molecule has 2 heteroatoms. The summed E-state index contributed by atoms with van der Waals surface area (Å²) in [6.07, 6.45) is 4.32. The molecule has 0 aromatic carbocycles. The Morgan fingerprint density at radius 2 is 2.27 bits per heavy atom. The van der Waals surface area contributed by atoms with Gasteiger partial charge in [-0.3, -0.25) is 0 Å². The summed E-state index contributed by atoms with van der Waals surface area (Å²) in [5.41, 5.74) is 0. The van der Waals surface area contributed by atoms with E-state index >= 15 is 0 Å². The molecule has 0 N–H and O–H groups in total. The maximum Gasteiger partial charge on any atom is 0.123 e. The molecule has 0 aromatic heterocycles. The standard InChI is InChI=1S/C9H11NO/c10-4-7-3-6-1-2-8(7)9(6)5-11/h5-9H,1-3H2/t6-,7-,8+,9+/m0/s1. The second kappa shape index (κ2) is 2.34. The molecule has 0 aromatic rings. The highest BCUT2D eigenvalue weighted by Crippen LogP contribution is 2.51. The van der Waals surface area contributed by atoms with Gasteiger partial charge >= 0.3 is 0 Å². The largest absolute Gasteiger partial charge is 0.303 e. The topological polar surface area (TPSA) is 40.9 Å². The molecular formula is C9H11NO. The van der Waals surface area contributed by atoms with Gasteiger partial charge in [0.25, 0.3) is 0 Å². The highest BCUT2D eigenvalue weighted by molar-refractivity contribution is 5.56. The lowest BCUT2D eigenvalue weighted by atomic mass is 9.89. The molecule has 4 atom stereocenters. The predicted octanol–water partition coefficient (Wildman–Crippen LogP) is 1.37. The van der Waals surface area contributed by atoms with E-state index in [4.69, 9.17) is 5.26 Å². The zero-order chi connectivity index (χ0) is 7.84. The monoisotopic (exact) mass is 149 g/mol. The van der Waals surface area contributed by atoms with E-state index in [1.54, 1.807) is 0 Å². The lowest BCUT2D eigenvalue weighted by molar-refractivity contribution is -0.112. The van der Waals surface area contributed by atoms with Crippen molar-refractivity contribution in [1.82, 2.24) is 0 Å². The normalized spacial score (nSPS) is 47.2. The number of aldehydes is 1. The van der Waals surface area contributed by atoms with Gasteiger partial charge in [0.2, 0.25) is 0 Å². The van der Waals surface area contributed by atoms with E-state index in [-0.39, 0.29) is 11.8 Å². The molecule has 2 fully saturated rings. The summed E-state index contributed by atoms with van der Waals surface area (Å²) in [5, 5.41) is 8.74. The Hall–Kier alpha value is -0.840. The first-order chi connectivity index (χ1) is 5.36. The molecule has 0 radical (unpaired) electrons. The van der Waals surface area contributed by atoms with Crippen molar-refractivity contribution < 1.29 is 4.79 Å². The average molecular weight is 149 g/mol. The van der Waals surface area contributed by atoms with Crippen LogP contribution in [0, 0.1) is 35.0 Å². The van der Waals surface area contributed by atoms with Crippen molar-refractivity contribution in [3.05, 3.63) is 0 Å². The maximum atomic E-state index is 10.6. The summed E-state index contributed by atoms with van der Waals surface area (Å²) >= 11 is 0. The highest BCUT2D eigenvalue weighted by atomic mass is 16.1. The second-order valence-electron chi connectivity index (χ2n) is 3.69. The van der Waals surface area contributed by atoms with Crippen LogP contribution in [0.25, 0.3) is 0 Å². The minimum absolute atomic E-state index is 0.184. The fourth-order valence-electron chi connectivity index (χ4n) is 2.75. The van der Waals surface area contributed by atoms with Crippen LogP contribution in [0.2, 0.25) is 0 Å². The van der Waals surface area contributed by atoms with Gasteiger partial charge in [-0.1, -0.05) is 0 Å². The molecule has 2 aliphatic carbocycles. The zero-order valence-electron chi connectivity index (χ0n) is 6.36. The van der Waals surface area contributed by atoms with Crippen molar-refractivity contribution in [3.8, 4) is 6.07 Å². The molecule has 2 rings (SSSR count). The van der Waals surface area contributed by atoms with Gasteiger partial charge in [0.15, 0.2) is 0 Å². The Balaban J connectivity index is 2.19. The first-order valence-electron chi connectivity index (χ1n) is 4.21. The van der Waals surface area contributed by atoms with Crippen molar-refractivity contribution in [2.75, 3.05) is 0 Å². The van der Waals surface area contributed by atoms with Crippen LogP contribution in [0.5, 0.6) is 0 Å². The van der Waals surface area contributed by atoms with E-state index in [0.717, 1.165) is 19.1 Å². The van der Waals surface area contributed by atoms with Crippen molar-refractivity contribution >= 4 is 6.29 Å². The smallest absolute Gasteiger partial charge is 0.123 e. The Morgan fingerprint density at radius 1 is 1.45 bits per heavy atom. The van der Waals surface area contributed by atoms with Gasteiger partial charge in [0, 0.05) is 5.92 Å². The van der Waals surface area contributed by atoms with Crippen LogP contribution in [0.1, 0.15) is 19.3 Å². The second-order valence-corrected chi connectivity index (χ2v) is 3.69. The molecule has 0 saturated heterocycles. The average Bonchev–Trinajstić information content (AvgIpc) is 2.59.